The fourth-order valence-electron chi connectivity index (χ4n) is 3.42. The molecule has 3 aromatic rings. The number of halogens is 3. The maximum atomic E-state index is 13.1. The van der Waals surface area contributed by atoms with E-state index in [1.54, 1.807) is 24.3 Å². The Morgan fingerprint density at radius 1 is 0.853 bits per heavy atom. The second kappa shape index (κ2) is 10.8. The molecule has 0 bridgehead atoms. The monoisotopic (exact) mass is 468 g/mol. The normalized spacial score (nSPS) is 13.0. The first-order valence-corrected chi connectivity index (χ1v) is 10.5. The van der Waals surface area contributed by atoms with Crippen LogP contribution < -0.4 is 9.47 Å². The van der Waals surface area contributed by atoms with Crippen molar-refractivity contribution in [2.24, 2.45) is 5.92 Å². The minimum Gasteiger partial charge on any atom is -0.457 e. The first kappa shape index (κ1) is 24.7. The first-order chi connectivity index (χ1) is 16.2. The quantitative estimate of drug-likeness (QED) is 0.263. The van der Waals surface area contributed by atoms with Gasteiger partial charge in [0.2, 0.25) is 0 Å². The minimum absolute atomic E-state index is 0.201. The molecule has 0 spiro atoms. The molecule has 3 rings (SSSR count). The molecule has 0 saturated heterocycles. The Morgan fingerprint density at radius 2 is 1.50 bits per heavy atom. The number of carbonyl (C=O) groups excluding carboxylic acids is 1. The number of terminal acetylenes is 1. The Balaban J connectivity index is 1.76. The number of alkyl halides is 3. The molecule has 3 aromatic carbocycles. The fourth-order valence-corrected chi connectivity index (χ4v) is 3.42. The van der Waals surface area contributed by atoms with E-state index in [0.717, 1.165) is 12.1 Å². The maximum absolute atomic E-state index is 13.1. The molecule has 0 aromatic heterocycles. The van der Waals surface area contributed by atoms with Crippen LogP contribution in [0.2, 0.25) is 0 Å². The summed E-state index contributed by atoms with van der Waals surface area (Å²) >= 11 is 0. The van der Waals surface area contributed by atoms with E-state index in [-0.39, 0.29) is 11.7 Å². The molecule has 0 aliphatic heterocycles. The van der Waals surface area contributed by atoms with Gasteiger partial charge in [-0.15, -0.1) is 19.6 Å². The molecular formula is C27H23F3O4. The highest BCUT2D eigenvalue weighted by atomic mass is 19.4. The summed E-state index contributed by atoms with van der Waals surface area (Å²) in [6, 6.07) is 21.2. The summed E-state index contributed by atoms with van der Waals surface area (Å²) < 4.78 is 52.6. The molecule has 2 unspecified atom stereocenters. The third kappa shape index (κ3) is 6.79. The number of hydrogen-bond acceptors (Lipinski definition) is 4. The molecule has 0 amide bonds. The van der Waals surface area contributed by atoms with Crippen molar-refractivity contribution in [3.63, 3.8) is 0 Å². The first-order valence-electron chi connectivity index (χ1n) is 10.5. The SMILES string of the molecule is C#CC(OC(=O)C(c1ccc(OC(F)(F)F)cc1)C(C)C)c1cccc(Oc2ccccc2)c1. The van der Waals surface area contributed by atoms with Crippen LogP contribution in [0.1, 0.15) is 37.0 Å². The van der Waals surface area contributed by atoms with Crippen LogP contribution in [-0.2, 0) is 9.53 Å². The highest BCUT2D eigenvalue weighted by Gasteiger charge is 2.32. The highest BCUT2D eigenvalue weighted by Crippen LogP contribution is 2.32. The van der Waals surface area contributed by atoms with Crippen molar-refractivity contribution >= 4 is 5.97 Å². The van der Waals surface area contributed by atoms with Gasteiger partial charge >= 0.3 is 12.3 Å². The smallest absolute Gasteiger partial charge is 0.457 e. The average molecular weight is 468 g/mol. The average Bonchev–Trinajstić information content (AvgIpc) is 2.78. The van der Waals surface area contributed by atoms with Crippen molar-refractivity contribution in [1.82, 2.24) is 0 Å². The van der Waals surface area contributed by atoms with E-state index >= 15 is 0 Å². The summed E-state index contributed by atoms with van der Waals surface area (Å²) in [5.74, 6) is 1.76. The fraction of sp³-hybridized carbons (Fsp3) is 0.222. The zero-order valence-electron chi connectivity index (χ0n) is 18.6. The van der Waals surface area contributed by atoms with E-state index in [1.165, 1.54) is 12.1 Å². The zero-order valence-corrected chi connectivity index (χ0v) is 18.6. The topological polar surface area (TPSA) is 44.8 Å². The van der Waals surface area contributed by atoms with E-state index in [0.29, 0.717) is 22.6 Å². The van der Waals surface area contributed by atoms with Gasteiger partial charge in [0.15, 0.2) is 6.10 Å². The molecule has 0 heterocycles. The van der Waals surface area contributed by atoms with Crippen LogP contribution in [0.25, 0.3) is 0 Å². The largest absolute Gasteiger partial charge is 0.573 e. The third-order valence-corrected chi connectivity index (χ3v) is 4.92. The number of para-hydroxylation sites is 1. The van der Waals surface area contributed by atoms with Gasteiger partial charge in [0.1, 0.15) is 17.2 Å². The Morgan fingerprint density at radius 3 is 2.09 bits per heavy atom. The van der Waals surface area contributed by atoms with Crippen LogP contribution in [0.15, 0.2) is 78.9 Å². The highest BCUT2D eigenvalue weighted by molar-refractivity contribution is 5.79. The summed E-state index contributed by atoms with van der Waals surface area (Å²) in [5, 5.41) is 0. The van der Waals surface area contributed by atoms with Crippen molar-refractivity contribution in [3.05, 3.63) is 90.0 Å². The molecular weight excluding hydrogens is 445 g/mol. The molecule has 0 aliphatic carbocycles. The summed E-state index contributed by atoms with van der Waals surface area (Å²) in [6.45, 7) is 3.62. The number of hydrogen-bond donors (Lipinski definition) is 0. The molecule has 0 fully saturated rings. The third-order valence-electron chi connectivity index (χ3n) is 4.92. The lowest BCUT2D eigenvalue weighted by Gasteiger charge is -2.23. The number of ether oxygens (including phenoxy) is 3. The van der Waals surface area contributed by atoms with Gasteiger partial charge in [0.05, 0.1) is 5.92 Å². The second-order valence-electron chi connectivity index (χ2n) is 7.81. The Hall–Kier alpha value is -3.92. The van der Waals surface area contributed by atoms with Crippen molar-refractivity contribution in [2.45, 2.75) is 32.2 Å². The van der Waals surface area contributed by atoms with Crippen LogP contribution in [0, 0.1) is 18.3 Å². The van der Waals surface area contributed by atoms with Crippen LogP contribution in [0.4, 0.5) is 13.2 Å². The maximum Gasteiger partial charge on any atom is 0.573 e. The lowest BCUT2D eigenvalue weighted by molar-refractivity contribution is -0.274. The summed E-state index contributed by atoms with van der Waals surface area (Å²) in [6.07, 6.45) is -0.108. The molecule has 0 saturated carbocycles. The molecule has 4 nitrogen and oxygen atoms in total. The molecule has 2 atom stereocenters. The van der Waals surface area contributed by atoms with Crippen LogP contribution >= 0.6 is 0 Å². The van der Waals surface area contributed by atoms with E-state index < -0.39 is 24.4 Å². The molecule has 0 radical (unpaired) electrons. The second-order valence-corrected chi connectivity index (χ2v) is 7.81. The van der Waals surface area contributed by atoms with Crippen molar-refractivity contribution in [3.8, 4) is 29.6 Å². The van der Waals surface area contributed by atoms with Gasteiger partial charge in [0.25, 0.3) is 0 Å². The standard InChI is InChI=1S/C27H23F3O4/c1-4-24(20-9-8-12-23(17-20)32-21-10-6-5-7-11-21)33-26(31)25(18(2)3)19-13-15-22(16-14-19)34-27(28,29)30/h1,5-18,24-25H,2-3H3. The molecule has 176 valence electrons. The van der Waals surface area contributed by atoms with E-state index in [9.17, 15) is 18.0 Å². The van der Waals surface area contributed by atoms with Crippen molar-refractivity contribution in [1.29, 1.82) is 0 Å². The Kier molecular flexibility index (Phi) is 7.85. The van der Waals surface area contributed by atoms with Crippen LogP contribution in [0.5, 0.6) is 17.2 Å². The van der Waals surface area contributed by atoms with Gasteiger partial charge in [-0.2, -0.15) is 0 Å². The number of esters is 1. The minimum atomic E-state index is -4.79. The van der Waals surface area contributed by atoms with Crippen molar-refractivity contribution < 1.29 is 32.2 Å². The van der Waals surface area contributed by atoms with Crippen LogP contribution in [-0.4, -0.2) is 12.3 Å². The Bertz CT molecular complexity index is 1130. The molecule has 7 heteroatoms. The Labute approximate surface area is 196 Å². The molecule has 34 heavy (non-hydrogen) atoms. The lowest BCUT2D eigenvalue weighted by atomic mass is 9.88. The van der Waals surface area contributed by atoms with Gasteiger partial charge in [-0.05, 0) is 47.9 Å². The number of benzene rings is 3. The predicted molar refractivity (Wildman–Crippen MR) is 121 cm³/mol. The van der Waals surface area contributed by atoms with E-state index in [4.69, 9.17) is 15.9 Å². The lowest BCUT2D eigenvalue weighted by Crippen LogP contribution is -2.23. The van der Waals surface area contributed by atoms with Gasteiger partial charge in [-0.25, -0.2) is 0 Å². The van der Waals surface area contributed by atoms with Crippen LogP contribution in [0.3, 0.4) is 0 Å². The predicted octanol–water partition coefficient (Wildman–Crippen LogP) is 7.03. The van der Waals surface area contributed by atoms with Gasteiger partial charge in [-0.3, -0.25) is 4.79 Å². The summed E-state index contributed by atoms with van der Waals surface area (Å²) in [4.78, 5) is 13.1. The zero-order chi connectivity index (χ0) is 24.7. The van der Waals surface area contributed by atoms with Crippen molar-refractivity contribution in [2.75, 3.05) is 0 Å². The number of carbonyl (C=O) groups is 1. The number of rotatable bonds is 8. The van der Waals surface area contributed by atoms with E-state index in [1.807, 2.05) is 44.2 Å². The van der Waals surface area contributed by atoms with Gasteiger partial charge in [-0.1, -0.05) is 62.2 Å². The van der Waals surface area contributed by atoms with Gasteiger partial charge in [0, 0.05) is 5.56 Å². The summed E-state index contributed by atoms with van der Waals surface area (Å²) in [5.41, 5.74) is 1.05. The molecule has 0 N–H and O–H groups in total. The van der Waals surface area contributed by atoms with E-state index in [2.05, 4.69) is 10.7 Å². The molecule has 0 aliphatic rings. The summed E-state index contributed by atoms with van der Waals surface area (Å²) in [7, 11) is 0. The van der Waals surface area contributed by atoms with Gasteiger partial charge < -0.3 is 14.2 Å².